The van der Waals surface area contributed by atoms with Crippen molar-refractivity contribution in [2.45, 2.75) is 20.8 Å². The first-order chi connectivity index (χ1) is 12.2. The number of carbonyl (C=O) groups excluding carboxylic acids is 1. The Morgan fingerprint density at radius 1 is 1.12 bits per heavy atom. The standard InChI is InChI=1S/C19H24N2O4S/c1-5-21(26(4,23)24)16-9-11-17(12-10-16)25-13-19(22)20-18-8-6-7-14(2)15(18)3/h6-12H,5,13H2,1-4H3,(H,20,22). The number of carbonyl (C=O) groups is 1. The molecule has 0 saturated carbocycles. The van der Waals surface area contributed by atoms with Gasteiger partial charge in [-0.2, -0.15) is 0 Å². The third-order valence-corrected chi connectivity index (χ3v) is 5.33. The van der Waals surface area contributed by atoms with Gasteiger partial charge in [-0.1, -0.05) is 12.1 Å². The highest BCUT2D eigenvalue weighted by atomic mass is 32.2. The molecule has 26 heavy (non-hydrogen) atoms. The van der Waals surface area contributed by atoms with Crippen molar-refractivity contribution in [1.82, 2.24) is 0 Å². The molecule has 2 rings (SSSR count). The van der Waals surface area contributed by atoms with E-state index in [9.17, 15) is 13.2 Å². The average molecular weight is 376 g/mol. The molecule has 2 aromatic rings. The number of nitrogens with one attached hydrogen (secondary N) is 1. The Morgan fingerprint density at radius 3 is 2.35 bits per heavy atom. The van der Waals surface area contributed by atoms with E-state index in [2.05, 4.69) is 5.32 Å². The number of hydrogen-bond donors (Lipinski definition) is 1. The Labute approximate surface area is 154 Å². The molecule has 0 bridgehead atoms. The third kappa shape index (κ3) is 4.98. The maximum Gasteiger partial charge on any atom is 0.262 e. The molecule has 0 aromatic heterocycles. The van der Waals surface area contributed by atoms with Gasteiger partial charge in [-0.15, -0.1) is 0 Å². The van der Waals surface area contributed by atoms with Crippen molar-refractivity contribution in [2.75, 3.05) is 29.0 Å². The summed E-state index contributed by atoms with van der Waals surface area (Å²) in [7, 11) is -3.32. The van der Waals surface area contributed by atoms with Gasteiger partial charge in [0.15, 0.2) is 6.61 Å². The number of ether oxygens (including phenoxy) is 1. The number of amides is 1. The Morgan fingerprint density at radius 2 is 1.77 bits per heavy atom. The molecule has 1 amide bonds. The molecule has 0 heterocycles. The molecule has 0 aliphatic carbocycles. The zero-order valence-electron chi connectivity index (χ0n) is 15.4. The van der Waals surface area contributed by atoms with E-state index < -0.39 is 10.0 Å². The van der Waals surface area contributed by atoms with Gasteiger partial charge >= 0.3 is 0 Å². The number of hydrogen-bond acceptors (Lipinski definition) is 4. The molecule has 0 spiro atoms. The number of benzene rings is 2. The van der Waals surface area contributed by atoms with Crippen LogP contribution in [0.15, 0.2) is 42.5 Å². The van der Waals surface area contributed by atoms with E-state index in [0.717, 1.165) is 16.8 Å². The van der Waals surface area contributed by atoms with E-state index in [0.29, 0.717) is 18.0 Å². The monoisotopic (exact) mass is 376 g/mol. The summed E-state index contributed by atoms with van der Waals surface area (Å²) < 4.78 is 30.2. The van der Waals surface area contributed by atoms with Gasteiger partial charge in [-0.3, -0.25) is 9.10 Å². The smallest absolute Gasteiger partial charge is 0.262 e. The van der Waals surface area contributed by atoms with Crippen LogP contribution < -0.4 is 14.4 Å². The van der Waals surface area contributed by atoms with E-state index in [-0.39, 0.29) is 12.5 Å². The normalized spacial score (nSPS) is 11.1. The Hall–Kier alpha value is -2.54. The highest BCUT2D eigenvalue weighted by molar-refractivity contribution is 7.92. The summed E-state index contributed by atoms with van der Waals surface area (Å²) in [5, 5.41) is 2.83. The van der Waals surface area contributed by atoms with Crippen molar-refractivity contribution in [2.24, 2.45) is 0 Å². The van der Waals surface area contributed by atoms with E-state index >= 15 is 0 Å². The Balaban J connectivity index is 1.97. The van der Waals surface area contributed by atoms with Crippen LogP contribution in [0.3, 0.4) is 0 Å². The molecule has 0 radical (unpaired) electrons. The van der Waals surface area contributed by atoms with Crippen LogP contribution in [0.25, 0.3) is 0 Å². The molecule has 7 heteroatoms. The van der Waals surface area contributed by atoms with Crippen LogP contribution >= 0.6 is 0 Å². The summed E-state index contributed by atoms with van der Waals surface area (Å²) >= 11 is 0. The Kier molecular flexibility index (Phi) is 6.26. The van der Waals surface area contributed by atoms with Gasteiger partial charge in [0.05, 0.1) is 11.9 Å². The minimum atomic E-state index is -3.32. The lowest BCUT2D eigenvalue weighted by Gasteiger charge is -2.20. The van der Waals surface area contributed by atoms with Crippen molar-refractivity contribution in [1.29, 1.82) is 0 Å². The summed E-state index contributed by atoms with van der Waals surface area (Å²) in [6.45, 7) is 5.92. The van der Waals surface area contributed by atoms with E-state index in [1.807, 2.05) is 32.0 Å². The van der Waals surface area contributed by atoms with Gasteiger partial charge in [-0.05, 0) is 62.2 Å². The van der Waals surface area contributed by atoms with Gasteiger partial charge in [0, 0.05) is 12.2 Å². The van der Waals surface area contributed by atoms with Crippen LogP contribution in [-0.4, -0.2) is 33.7 Å². The lowest BCUT2D eigenvalue weighted by atomic mass is 10.1. The Bertz CT molecular complexity index is 877. The minimum absolute atomic E-state index is 0.129. The predicted octanol–water partition coefficient (Wildman–Crippen LogP) is 3.11. The first-order valence-corrected chi connectivity index (χ1v) is 10.1. The zero-order valence-corrected chi connectivity index (χ0v) is 16.3. The number of nitrogens with zero attached hydrogens (tertiary/aromatic N) is 1. The topological polar surface area (TPSA) is 75.7 Å². The fraction of sp³-hybridized carbons (Fsp3) is 0.316. The van der Waals surface area contributed by atoms with E-state index in [1.165, 1.54) is 10.6 Å². The molecule has 6 nitrogen and oxygen atoms in total. The summed E-state index contributed by atoms with van der Waals surface area (Å²) in [6, 6.07) is 12.3. The van der Waals surface area contributed by atoms with Crippen LogP contribution in [0, 0.1) is 13.8 Å². The maximum atomic E-state index is 12.1. The SMILES string of the molecule is CCN(c1ccc(OCC(=O)Nc2cccc(C)c2C)cc1)S(C)(=O)=O. The molecular weight excluding hydrogens is 352 g/mol. The average Bonchev–Trinajstić information content (AvgIpc) is 2.58. The van der Waals surface area contributed by atoms with Crippen LogP contribution in [0.5, 0.6) is 5.75 Å². The molecule has 0 atom stereocenters. The van der Waals surface area contributed by atoms with Gasteiger partial charge in [0.25, 0.3) is 5.91 Å². The molecular formula is C19H24N2O4S. The molecule has 0 saturated heterocycles. The zero-order chi connectivity index (χ0) is 19.3. The second kappa shape index (κ2) is 8.23. The minimum Gasteiger partial charge on any atom is -0.484 e. The summed E-state index contributed by atoms with van der Waals surface area (Å²) in [5.74, 6) is 0.239. The maximum absolute atomic E-state index is 12.1. The van der Waals surface area contributed by atoms with Crippen LogP contribution in [0.1, 0.15) is 18.1 Å². The fourth-order valence-electron chi connectivity index (χ4n) is 2.54. The van der Waals surface area contributed by atoms with Gasteiger partial charge in [-0.25, -0.2) is 8.42 Å². The number of sulfonamides is 1. The molecule has 0 fully saturated rings. The molecule has 1 N–H and O–H groups in total. The fourth-order valence-corrected chi connectivity index (χ4v) is 3.51. The first kappa shape index (κ1) is 19.8. The van der Waals surface area contributed by atoms with Crippen molar-refractivity contribution >= 4 is 27.3 Å². The second-order valence-corrected chi connectivity index (χ2v) is 7.91. The summed E-state index contributed by atoms with van der Waals surface area (Å²) in [5.41, 5.74) is 3.44. The van der Waals surface area contributed by atoms with Crippen molar-refractivity contribution in [3.05, 3.63) is 53.6 Å². The molecule has 0 unspecified atom stereocenters. The third-order valence-electron chi connectivity index (χ3n) is 4.06. The van der Waals surface area contributed by atoms with Crippen LogP contribution in [0.2, 0.25) is 0 Å². The second-order valence-electron chi connectivity index (χ2n) is 6.01. The van der Waals surface area contributed by atoms with Crippen LogP contribution in [-0.2, 0) is 14.8 Å². The van der Waals surface area contributed by atoms with E-state index in [4.69, 9.17) is 4.74 Å². The number of rotatable bonds is 7. The lowest BCUT2D eigenvalue weighted by molar-refractivity contribution is -0.118. The van der Waals surface area contributed by atoms with Crippen molar-refractivity contribution in [3.8, 4) is 5.75 Å². The number of aryl methyl sites for hydroxylation is 1. The van der Waals surface area contributed by atoms with E-state index in [1.54, 1.807) is 31.2 Å². The predicted molar refractivity (Wildman–Crippen MR) is 104 cm³/mol. The highest BCUT2D eigenvalue weighted by Gasteiger charge is 2.15. The number of anilines is 2. The molecule has 140 valence electrons. The molecule has 2 aromatic carbocycles. The van der Waals surface area contributed by atoms with Gasteiger partial charge in [0.1, 0.15) is 5.75 Å². The van der Waals surface area contributed by atoms with Crippen LogP contribution in [0.4, 0.5) is 11.4 Å². The summed E-state index contributed by atoms with van der Waals surface area (Å²) in [6.07, 6.45) is 1.17. The highest BCUT2D eigenvalue weighted by Crippen LogP contribution is 2.22. The van der Waals surface area contributed by atoms with Gasteiger partial charge in [0.2, 0.25) is 10.0 Å². The molecule has 0 aliphatic rings. The van der Waals surface area contributed by atoms with Crippen molar-refractivity contribution < 1.29 is 17.9 Å². The lowest BCUT2D eigenvalue weighted by Crippen LogP contribution is -2.29. The first-order valence-electron chi connectivity index (χ1n) is 8.29. The quantitative estimate of drug-likeness (QED) is 0.806. The largest absolute Gasteiger partial charge is 0.484 e. The summed E-state index contributed by atoms with van der Waals surface area (Å²) in [4.78, 5) is 12.1. The van der Waals surface area contributed by atoms with Crippen molar-refractivity contribution in [3.63, 3.8) is 0 Å². The molecule has 0 aliphatic heterocycles. The van der Waals surface area contributed by atoms with Gasteiger partial charge < -0.3 is 10.1 Å².